The van der Waals surface area contributed by atoms with Crippen molar-refractivity contribution in [1.82, 2.24) is 5.32 Å². The van der Waals surface area contributed by atoms with Gasteiger partial charge in [0.15, 0.2) is 0 Å². The van der Waals surface area contributed by atoms with E-state index in [0.29, 0.717) is 25.1 Å². The van der Waals surface area contributed by atoms with Crippen LogP contribution in [0, 0.1) is 0 Å². The number of benzene rings is 1. The normalized spacial score (nSPS) is 11.0. The summed E-state index contributed by atoms with van der Waals surface area (Å²) >= 11 is 0. The Bertz CT molecular complexity index is 498. The molecule has 0 unspecified atom stereocenters. The largest absolute Gasteiger partial charge is 0.480 e. The van der Waals surface area contributed by atoms with Crippen LogP contribution >= 0.6 is 0 Å². The molecule has 0 aliphatic carbocycles. The zero-order chi connectivity index (χ0) is 15.9. The lowest BCUT2D eigenvalue weighted by Crippen LogP contribution is -2.54. The number of anilines is 1. The van der Waals surface area contributed by atoms with Gasteiger partial charge in [-0.15, -0.1) is 0 Å². The molecule has 1 aromatic carbocycles. The smallest absolute Gasteiger partial charge is 0.329 e. The summed E-state index contributed by atoms with van der Waals surface area (Å²) in [6, 6.07) is 6.67. The van der Waals surface area contributed by atoms with Gasteiger partial charge < -0.3 is 20.5 Å². The molecule has 0 saturated carbocycles. The first-order chi connectivity index (χ1) is 9.97. The molecule has 0 spiro atoms. The van der Waals surface area contributed by atoms with E-state index in [-0.39, 0.29) is 0 Å². The number of carbonyl (C=O) groups excluding carboxylic acids is 1. The SMILES string of the molecule is CCC(CC)(NC(=O)Nc1cccc(COC)c1)C(=O)O. The maximum Gasteiger partial charge on any atom is 0.329 e. The van der Waals surface area contributed by atoms with Crippen LogP contribution in [0.15, 0.2) is 24.3 Å². The minimum absolute atomic E-state index is 0.315. The van der Waals surface area contributed by atoms with E-state index in [0.717, 1.165) is 5.56 Å². The Hall–Kier alpha value is -2.08. The third-order valence-electron chi connectivity index (χ3n) is 3.47. The quantitative estimate of drug-likeness (QED) is 0.721. The predicted molar refractivity (Wildman–Crippen MR) is 80.3 cm³/mol. The van der Waals surface area contributed by atoms with Crippen LogP contribution in [0.3, 0.4) is 0 Å². The number of carbonyl (C=O) groups is 2. The highest BCUT2D eigenvalue weighted by molar-refractivity contribution is 5.93. The Balaban J connectivity index is 2.77. The molecule has 1 rings (SSSR count). The van der Waals surface area contributed by atoms with Crippen molar-refractivity contribution in [3.05, 3.63) is 29.8 Å². The van der Waals surface area contributed by atoms with E-state index in [4.69, 9.17) is 4.74 Å². The number of hydrogen-bond donors (Lipinski definition) is 3. The summed E-state index contributed by atoms with van der Waals surface area (Å²) in [4.78, 5) is 23.4. The van der Waals surface area contributed by atoms with Crippen LogP contribution in [-0.2, 0) is 16.1 Å². The number of ether oxygens (including phenoxy) is 1. The van der Waals surface area contributed by atoms with Gasteiger partial charge in [-0.1, -0.05) is 26.0 Å². The van der Waals surface area contributed by atoms with Crippen LogP contribution in [0.2, 0.25) is 0 Å². The second-order valence-corrected chi connectivity index (χ2v) is 4.81. The topological polar surface area (TPSA) is 87.7 Å². The summed E-state index contributed by atoms with van der Waals surface area (Å²) in [5, 5.41) is 14.5. The Morgan fingerprint density at radius 2 is 1.95 bits per heavy atom. The van der Waals surface area contributed by atoms with E-state index in [9.17, 15) is 14.7 Å². The van der Waals surface area contributed by atoms with E-state index in [1.54, 1.807) is 39.2 Å². The molecule has 0 aromatic heterocycles. The van der Waals surface area contributed by atoms with Crippen molar-refractivity contribution in [2.24, 2.45) is 0 Å². The second kappa shape index (κ2) is 7.64. The van der Waals surface area contributed by atoms with Crippen molar-refractivity contribution in [2.75, 3.05) is 12.4 Å². The molecule has 1 aromatic rings. The monoisotopic (exact) mass is 294 g/mol. The second-order valence-electron chi connectivity index (χ2n) is 4.81. The molecule has 116 valence electrons. The molecule has 6 heteroatoms. The van der Waals surface area contributed by atoms with E-state index < -0.39 is 17.5 Å². The van der Waals surface area contributed by atoms with Crippen LogP contribution in [0.1, 0.15) is 32.3 Å². The first kappa shape index (κ1) is 17.0. The predicted octanol–water partition coefficient (Wildman–Crippen LogP) is 2.60. The van der Waals surface area contributed by atoms with Crippen LogP contribution in [0.25, 0.3) is 0 Å². The molecule has 0 radical (unpaired) electrons. The molecular formula is C15H22N2O4. The molecule has 0 heterocycles. The zero-order valence-electron chi connectivity index (χ0n) is 12.6. The summed E-state index contributed by atoms with van der Waals surface area (Å²) in [5.74, 6) is -1.03. The number of hydrogen-bond acceptors (Lipinski definition) is 3. The molecule has 2 amide bonds. The number of urea groups is 1. The molecule has 0 aliphatic rings. The van der Waals surface area contributed by atoms with Crippen molar-refractivity contribution >= 4 is 17.7 Å². The fraction of sp³-hybridized carbons (Fsp3) is 0.467. The first-order valence-electron chi connectivity index (χ1n) is 6.88. The third kappa shape index (κ3) is 4.46. The molecule has 0 bridgehead atoms. The fourth-order valence-electron chi connectivity index (χ4n) is 2.07. The summed E-state index contributed by atoms with van der Waals surface area (Å²) in [7, 11) is 1.59. The molecule has 0 aliphatic heterocycles. The van der Waals surface area contributed by atoms with Crippen LogP contribution < -0.4 is 10.6 Å². The molecule has 0 atom stereocenters. The van der Waals surface area contributed by atoms with Crippen molar-refractivity contribution in [3.8, 4) is 0 Å². The Morgan fingerprint density at radius 1 is 1.29 bits per heavy atom. The highest BCUT2D eigenvalue weighted by atomic mass is 16.5. The van der Waals surface area contributed by atoms with Crippen molar-refractivity contribution in [3.63, 3.8) is 0 Å². The van der Waals surface area contributed by atoms with Gasteiger partial charge in [0.25, 0.3) is 0 Å². The van der Waals surface area contributed by atoms with Crippen LogP contribution in [0.5, 0.6) is 0 Å². The minimum Gasteiger partial charge on any atom is -0.480 e. The Morgan fingerprint density at radius 3 is 2.48 bits per heavy atom. The lowest BCUT2D eigenvalue weighted by atomic mass is 9.93. The number of carboxylic acids is 1. The maximum atomic E-state index is 12.0. The summed E-state index contributed by atoms with van der Waals surface area (Å²) in [6.45, 7) is 3.91. The van der Waals surface area contributed by atoms with E-state index in [1.165, 1.54) is 0 Å². The number of rotatable bonds is 7. The summed E-state index contributed by atoms with van der Waals surface area (Å²) < 4.78 is 5.03. The fourth-order valence-corrected chi connectivity index (χ4v) is 2.07. The van der Waals surface area contributed by atoms with Gasteiger partial charge in [-0.25, -0.2) is 9.59 Å². The maximum absolute atomic E-state index is 12.0. The van der Waals surface area contributed by atoms with Gasteiger partial charge in [-0.3, -0.25) is 0 Å². The number of aliphatic carboxylic acids is 1. The highest BCUT2D eigenvalue weighted by Gasteiger charge is 2.36. The molecule has 3 N–H and O–H groups in total. The van der Waals surface area contributed by atoms with Crippen LogP contribution in [0.4, 0.5) is 10.5 Å². The number of methoxy groups -OCH3 is 1. The standard InChI is InChI=1S/C15H22N2O4/c1-4-15(5-2,13(18)19)17-14(20)16-12-8-6-7-11(9-12)10-21-3/h6-9H,4-5,10H2,1-3H3,(H,18,19)(H2,16,17,20). The number of amides is 2. The summed E-state index contributed by atoms with van der Waals surface area (Å²) in [5.41, 5.74) is 0.271. The van der Waals surface area contributed by atoms with E-state index in [1.807, 2.05) is 6.07 Å². The first-order valence-corrected chi connectivity index (χ1v) is 6.88. The zero-order valence-corrected chi connectivity index (χ0v) is 12.6. The molecule has 6 nitrogen and oxygen atoms in total. The highest BCUT2D eigenvalue weighted by Crippen LogP contribution is 2.16. The van der Waals surface area contributed by atoms with Gasteiger partial charge in [0.05, 0.1) is 6.61 Å². The lowest BCUT2D eigenvalue weighted by molar-refractivity contribution is -0.144. The average Bonchev–Trinajstić information content (AvgIpc) is 2.45. The molecule has 0 saturated heterocycles. The van der Waals surface area contributed by atoms with Gasteiger partial charge in [0, 0.05) is 12.8 Å². The average molecular weight is 294 g/mol. The van der Waals surface area contributed by atoms with Crippen molar-refractivity contribution in [2.45, 2.75) is 38.8 Å². The number of carboxylic acid groups (broad SMARTS) is 1. The van der Waals surface area contributed by atoms with Crippen LogP contribution in [-0.4, -0.2) is 29.8 Å². The summed E-state index contributed by atoms with van der Waals surface area (Å²) in [6.07, 6.45) is 0.631. The lowest BCUT2D eigenvalue weighted by Gasteiger charge is -2.28. The van der Waals surface area contributed by atoms with E-state index in [2.05, 4.69) is 10.6 Å². The van der Waals surface area contributed by atoms with Crippen molar-refractivity contribution in [1.29, 1.82) is 0 Å². The Kier molecular flexibility index (Phi) is 6.17. The molecule has 0 fully saturated rings. The van der Waals surface area contributed by atoms with Gasteiger partial charge in [0.1, 0.15) is 5.54 Å². The van der Waals surface area contributed by atoms with Gasteiger partial charge in [0.2, 0.25) is 0 Å². The molecule has 21 heavy (non-hydrogen) atoms. The number of nitrogens with one attached hydrogen (secondary N) is 2. The van der Waals surface area contributed by atoms with E-state index >= 15 is 0 Å². The third-order valence-corrected chi connectivity index (χ3v) is 3.47. The van der Waals surface area contributed by atoms with Gasteiger partial charge in [-0.2, -0.15) is 0 Å². The van der Waals surface area contributed by atoms with Gasteiger partial charge >= 0.3 is 12.0 Å². The minimum atomic E-state index is -1.24. The van der Waals surface area contributed by atoms with Gasteiger partial charge in [-0.05, 0) is 30.5 Å². The Labute approximate surface area is 124 Å². The molecular weight excluding hydrogens is 272 g/mol. The van der Waals surface area contributed by atoms with Crippen molar-refractivity contribution < 1.29 is 19.4 Å².